The number of hydrogen-bond donors (Lipinski definition) is 2. The number of carboxylic acid groups (broad SMARTS) is 1. The first-order valence-electron chi connectivity index (χ1n) is 11.9. The van der Waals surface area contributed by atoms with Crippen molar-refractivity contribution in [2.45, 2.75) is 63.1 Å². The van der Waals surface area contributed by atoms with E-state index in [1.165, 1.54) is 12.5 Å². The standard InChI is InChI=1S/C24H28F3N3O5S/c25-24(26,27)19-14-16(15-20(31)32)6-7-17(19)8-13-36(34,35)30-11-9-23(10-12-30)22(33)28-21(29-23)18-4-2-1-3-5-18/h6-8,13-14,18H,1-5,9-12,15H2,(H,31,32)(H,28,29,33)/b13-8+. The van der Waals surface area contributed by atoms with Crippen LogP contribution in [0.5, 0.6) is 0 Å². The van der Waals surface area contributed by atoms with Crippen molar-refractivity contribution in [1.82, 2.24) is 9.62 Å². The van der Waals surface area contributed by atoms with Gasteiger partial charge in [0.05, 0.1) is 12.0 Å². The van der Waals surface area contributed by atoms with Gasteiger partial charge in [0.25, 0.3) is 5.91 Å². The quantitative estimate of drug-likeness (QED) is 0.587. The van der Waals surface area contributed by atoms with Gasteiger partial charge in [-0.15, -0.1) is 0 Å². The van der Waals surface area contributed by atoms with Crippen molar-refractivity contribution in [3.05, 3.63) is 40.3 Å². The number of aliphatic carboxylic acids is 1. The van der Waals surface area contributed by atoms with Gasteiger partial charge in [-0.1, -0.05) is 31.4 Å². The molecule has 1 aliphatic carbocycles. The van der Waals surface area contributed by atoms with Gasteiger partial charge in [0.15, 0.2) is 0 Å². The molecule has 2 N–H and O–H groups in total. The molecule has 3 aliphatic rings. The highest BCUT2D eigenvalue weighted by Crippen LogP contribution is 2.36. The number of halogens is 3. The minimum atomic E-state index is -4.79. The average Bonchev–Trinajstić information content (AvgIpc) is 3.13. The number of hydrogen-bond acceptors (Lipinski definition) is 5. The number of amidine groups is 1. The lowest BCUT2D eigenvalue weighted by Crippen LogP contribution is -2.50. The van der Waals surface area contributed by atoms with Crippen molar-refractivity contribution in [1.29, 1.82) is 0 Å². The molecule has 12 heteroatoms. The van der Waals surface area contributed by atoms with Crippen LogP contribution in [0.25, 0.3) is 6.08 Å². The predicted molar refractivity (Wildman–Crippen MR) is 126 cm³/mol. The first-order chi connectivity index (χ1) is 16.9. The molecular formula is C24H28F3N3O5S. The molecule has 2 fully saturated rings. The normalized spacial score (nSPS) is 21.6. The molecule has 1 aromatic carbocycles. The van der Waals surface area contributed by atoms with Crippen LogP contribution in [-0.2, 0) is 32.2 Å². The molecule has 2 aliphatic heterocycles. The Balaban J connectivity index is 1.47. The zero-order valence-electron chi connectivity index (χ0n) is 19.6. The number of alkyl halides is 3. The van der Waals surface area contributed by atoms with Crippen molar-refractivity contribution in [2.24, 2.45) is 10.9 Å². The molecule has 1 aromatic rings. The van der Waals surface area contributed by atoms with Gasteiger partial charge < -0.3 is 10.4 Å². The number of carbonyl (C=O) groups excluding carboxylic acids is 1. The summed E-state index contributed by atoms with van der Waals surface area (Å²) in [5, 5.41) is 12.5. The largest absolute Gasteiger partial charge is 0.481 e. The highest BCUT2D eigenvalue weighted by molar-refractivity contribution is 7.92. The number of nitrogens with one attached hydrogen (secondary N) is 1. The van der Waals surface area contributed by atoms with Crippen LogP contribution in [0.15, 0.2) is 28.6 Å². The lowest BCUT2D eigenvalue weighted by molar-refractivity contribution is -0.139. The van der Waals surface area contributed by atoms with Gasteiger partial charge in [0.2, 0.25) is 10.0 Å². The second-order valence-corrected chi connectivity index (χ2v) is 11.4. The van der Waals surface area contributed by atoms with Gasteiger partial charge in [0, 0.05) is 24.4 Å². The number of sulfonamides is 1. The molecule has 0 unspecified atom stereocenters. The molecule has 196 valence electrons. The Morgan fingerprint density at radius 2 is 1.86 bits per heavy atom. The van der Waals surface area contributed by atoms with Crippen LogP contribution in [0, 0.1) is 5.92 Å². The number of carboxylic acids is 1. The number of aliphatic imine (C=N–C) groups is 1. The molecule has 1 amide bonds. The zero-order valence-corrected chi connectivity index (χ0v) is 20.4. The summed E-state index contributed by atoms with van der Waals surface area (Å²) in [5.74, 6) is -0.576. The molecule has 0 radical (unpaired) electrons. The zero-order chi connectivity index (χ0) is 26.1. The third-order valence-corrected chi connectivity index (χ3v) is 8.66. The summed E-state index contributed by atoms with van der Waals surface area (Å²) in [5.41, 5.74) is -2.53. The first kappa shape index (κ1) is 26.3. The minimum Gasteiger partial charge on any atom is -0.481 e. The Kier molecular flexibility index (Phi) is 7.29. The summed E-state index contributed by atoms with van der Waals surface area (Å²) < 4.78 is 67.4. The van der Waals surface area contributed by atoms with E-state index in [4.69, 9.17) is 10.1 Å². The molecule has 4 rings (SSSR count). The fraction of sp³-hybridized carbons (Fsp3) is 0.542. The lowest BCUT2D eigenvalue weighted by Gasteiger charge is -2.34. The van der Waals surface area contributed by atoms with E-state index >= 15 is 0 Å². The molecule has 2 heterocycles. The van der Waals surface area contributed by atoms with Crippen LogP contribution in [0.1, 0.15) is 61.6 Å². The molecule has 0 bridgehead atoms. The fourth-order valence-electron chi connectivity index (χ4n) is 5.08. The topological polar surface area (TPSA) is 116 Å². The predicted octanol–water partition coefficient (Wildman–Crippen LogP) is 3.58. The van der Waals surface area contributed by atoms with Gasteiger partial charge in [0.1, 0.15) is 11.4 Å². The number of benzene rings is 1. The van der Waals surface area contributed by atoms with Crippen LogP contribution in [0.2, 0.25) is 0 Å². The summed E-state index contributed by atoms with van der Waals surface area (Å²) in [6, 6.07) is 3.00. The summed E-state index contributed by atoms with van der Waals surface area (Å²) in [7, 11) is -4.06. The molecule has 1 saturated carbocycles. The Morgan fingerprint density at radius 3 is 2.47 bits per heavy atom. The van der Waals surface area contributed by atoms with Crippen molar-refractivity contribution in [2.75, 3.05) is 13.1 Å². The number of rotatable bonds is 6. The molecule has 1 spiro atoms. The van der Waals surface area contributed by atoms with Crippen LogP contribution in [0.3, 0.4) is 0 Å². The average molecular weight is 528 g/mol. The summed E-state index contributed by atoms with van der Waals surface area (Å²) in [6.45, 7) is 0.0381. The number of carbonyl (C=O) groups is 2. The van der Waals surface area contributed by atoms with Gasteiger partial charge in [-0.25, -0.2) is 8.42 Å². The van der Waals surface area contributed by atoms with E-state index < -0.39 is 39.7 Å². The van der Waals surface area contributed by atoms with Crippen molar-refractivity contribution in [3.63, 3.8) is 0 Å². The summed E-state index contributed by atoms with van der Waals surface area (Å²) in [6.07, 6.45) is 1.16. The third kappa shape index (κ3) is 5.64. The van der Waals surface area contributed by atoms with Crippen molar-refractivity contribution >= 4 is 33.8 Å². The maximum absolute atomic E-state index is 13.5. The maximum Gasteiger partial charge on any atom is 0.416 e. The maximum atomic E-state index is 13.5. The summed E-state index contributed by atoms with van der Waals surface area (Å²) >= 11 is 0. The van der Waals surface area contributed by atoms with Crippen LogP contribution in [0.4, 0.5) is 13.2 Å². The molecule has 1 saturated heterocycles. The van der Waals surface area contributed by atoms with E-state index in [-0.39, 0.29) is 48.9 Å². The number of nitrogens with zero attached hydrogens (tertiary/aromatic N) is 2. The number of piperidine rings is 1. The van der Waals surface area contributed by atoms with Crippen LogP contribution >= 0.6 is 0 Å². The minimum absolute atomic E-state index is 0.0191. The highest BCUT2D eigenvalue weighted by Gasteiger charge is 2.48. The van der Waals surface area contributed by atoms with E-state index in [9.17, 15) is 31.2 Å². The van der Waals surface area contributed by atoms with Gasteiger partial charge >= 0.3 is 12.1 Å². The Labute approximate surface area is 207 Å². The van der Waals surface area contributed by atoms with Gasteiger partial charge in [-0.3, -0.25) is 14.6 Å². The third-order valence-electron chi connectivity index (χ3n) is 7.10. The second kappa shape index (κ2) is 9.97. The van der Waals surface area contributed by atoms with Gasteiger partial charge in [-0.05, 0) is 49.0 Å². The lowest BCUT2D eigenvalue weighted by atomic mass is 9.88. The molecule has 0 aromatic heterocycles. The molecular weight excluding hydrogens is 499 g/mol. The number of amides is 1. The molecule has 8 nitrogen and oxygen atoms in total. The molecule has 36 heavy (non-hydrogen) atoms. The Morgan fingerprint density at radius 1 is 1.19 bits per heavy atom. The van der Waals surface area contributed by atoms with E-state index in [1.807, 2.05) is 0 Å². The fourth-order valence-corrected chi connectivity index (χ4v) is 6.27. The van der Waals surface area contributed by atoms with E-state index in [0.717, 1.165) is 47.5 Å². The Hall–Kier alpha value is -2.73. The van der Waals surface area contributed by atoms with Crippen molar-refractivity contribution in [3.8, 4) is 0 Å². The van der Waals surface area contributed by atoms with E-state index in [2.05, 4.69) is 5.32 Å². The van der Waals surface area contributed by atoms with Crippen molar-refractivity contribution < 1.29 is 36.3 Å². The highest BCUT2D eigenvalue weighted by atomic mass is 32.2. The Bertz CT molecular complexity index is 1200. The second-order valence-electron chi connectivity index (χ2n) is 9.55. The smallest absolute Gasteiger partial charge is 0.416 e. The van der Waals surface area contributed by atoms with Crippen LogP contribution in [-0.4, -0.2) is 54.2 Å². The first-order valence-corrected chi connectivity index (χ1v) is 13.4. The van der Waals surface area contributed by atoms with Gasteiger partial charge in [-0.2, -0.15) is 17.5 Å². The van der Waals surface area contributed by atoms with E-state index in [1.54, 1.807) is 0 Å². The monoisotopic (exact) mass is 527 g/mol. The van der Waals surface area contributed by atoms with Crippen LogP contribution < -0.4 is 5.32 Å². The molecule has 0 atom stereocenters. The summed E-state index contributed by atoms with van der Waals surface area (Å²) in [4.78, 5) is 28.3. The SMILES string of the molecule is O=C(O)Cc1ccc(/C=C/S(=O)(=O)N2CCC3(CC2)N=C(C2CCCCC2)NC3=O)c(C(F)(F)F)c1. The van der Waals surface area contributed by atoms with E-state index in [0.29, 0.717) is 11.9 Å².